The Morgan fingerprint density at radius 3 is 2.38 bits per heavy atom. The molecule has 2 nitrogen and oxygen atoms in total. The normalized spacial score (nSPS) is 8.85. The van der Waals surface area contributed by atoms with E-state index in [0.29, 0.717) is 0 Å². The molecule has 0 spiro atoms. The summed E-state index contributed by atoms with van der Waals surface area (Å²) in [5.41, 5.74) is 3.61. The zero-order valence-electron chi connectivity index (χ0n) is 8.24. The molecule has 0 saturated carbocycles. The fourth-order valence-electron chi connectivity index (χ4n) is 1.24. The molecule has 13 heavy (non-hydrogen) atoms. The number of hydrogen-bond acceptors (Lipinski definition) is 2. The lowest BCUT2D eigenvalue weighted by atomic mass is 10.1. The molecule has 0 aromatic heterocycles. The Bertz CT molecular complexity index is 297. The molecule has 0 aliphatic carbocycles. The maximum Gasteiger partial charge on any atom is 0.0619 e. The maximum atomic E-state index is 3.83. The molecule has 0 aliphatic heterocycles. The van der Waals surface area contributed by atoms with Crippen LogP contribution in [0.15, 0.2) is 23.3 Å². The van der Waals surface area contributed by atoms with Gasteiger partial charge in [0.15, 0.2) is 0 Å². The van der Waals surface area contributed by atoms with Crippen molar-refractivity contribution >= 4 is 36.4 Å². The minimum atomic E-state index is 0. The van der Waals surface area contributed by atoms with Gasteiger partial charge in [-0.1, -0.05) is 17.7 Å². The molecular formula is C10H15IN2. The number of halogens is 1. The molecule has 72 valence electrons. The van der Waals surface area contributed by atoms with Crippen molar-refractivity contribution in [1.29, 1.82) is 0 Å². The van der Waals surface area contributed by atoms with Gasteiger partial charge in [0.25, 0.3) is 0 Å². The van der Waals surface area contributed by atoms with Gasteiger partial charge in [0.2, 0.25) is 0 Å². The van der Waals surface area contributed by atoms with Gasteiger partial charge in [0, 0.05) is 13.8 Å². The molecule has 1 aromatic carbocycles. The summed E-state index contributed by atoms with van der Waals surface area (Å²) in [5.74, 6) is 0. The summed E-state index contributed by atoms with van der Waals surface area (Å²) >= 11 is 0. The maximum absolute atomic E-state index is 3.83. The van der Waals surface area contributed by atoms with Crippen molar-refractivity contribution in [2.45, 2.75) is 13.8 Å². The Kier molecular flexibility index (Phi) is 4.98. The van der Waals surface area contributed by atoms with E-state index in [4.69, 9.17) is 0 Å². The molecular weight excluding hydrogens is 275 g/mol. The second-order valence-corrected chi connectivity index (χ2v) is 2.95. The number of rotatable bonds is 2. The van der Waals surface area contributed by atoms with Gasteiger partial charge in [-0.15, -0.1) is 24.0 Å². The monoisotopic (exact) mass is 290 g/mol. The van der Waals surface area contributed by atoms with Crippen LogP contribution in [0.4, 0.5) is 5.69 Å². The van der Waals surface area contributed by atoms with Crippen LogP contribution in [-0.2, 0) is 0 Å². The summed E-state index contributed by atoms with van der Waals surface area (Å²) in [4.78, 5) is 0. The van der Waals surface area contributed by atoms with Crippen LogP contribution in [0.25, 0.3) is 0 Å². The highest BCUT2D eigenvalue weighted by Gasteiger charge is 2.00. The molecule has 0 aliphatic rings. The Labute approximate surface area is 96.7 Å². The van der Waals surface area contributed by atoms with Crippen LogP contribution in [0.2, 0.25) is 0 Å². The molecule has 1 aromatic rings. The molecule has 0 bridgehead atoms. The van der Waals surface area contributed by atoms with Crippen LogP contribution < -0.4 is 5.01 Å². The SMILES string of the molecule is C=NN(C)c1ccc(C)cc1C.I. The number of hydrogen-bond donors (Lipinski definition) is 0. The summed E-state index contributed by atoms with van der Waals surface area (Å²) < 4.78 is 0. The first-order valence-electron chi connectivity index (χ1n) is 3.93. The topological polar surface area (TPSA) is 15.6 Å². The van der Waals surface area contributed by atoms with E-state index in [1.807, 2.05) is 7.05 Å². The van der Waals surface area contributed by atoms with Crippen LogP contribution in [0.3, 0.4) is 0 Å². The first kappa shape index (κ1) is 12.4. The number of hydrazone groups is 1. The van der Waals surface area contributed by atoms with Crippen molar-refractivity contribution < 1.29 is 0 Å². The predicted molar refractivity (Wildman–Crippen MR) is 69.3 cm³/mol. The molecule has 0 radical (unpaired) electrons. The van der Waals surface area contributed by atoms with E-state index in [0.717, 1.165) is 5.69 Å². The second-order valence-electron chi connectivity index (χ2n) is 2.95. The third kappa shape index (κ3) is 2.99. The molecule has 0 fully saturated rings. The summed E-state index contributed by atoms with van der Waals surface area (Å²) in [6.45, 7) is 7.63. The van der Waals surface area contributed by atoms with E-state index in [2.05, 4.69) is 43.9 Å². The van der Waals surface area contributed by atoms with E-state index in [9.17, 15) is 0 Å². The van der Waals surface area contributed by atoms with Crippen LogP contribution in [-0.4, -0.2) is 13.8 Å². The van der Waals surface area contributed by atoms with Gasteiger partial charge in [0.1, 0.15) is 0 Å². The number of anilines is 1. The van der Waals surface area contributed by atoms with E-state index < -0.39 is 0 Å². The smallest absolute Gasteiger partial charge is 0.0619 e. The number of nitrogens with zero attached hydrogens (tertiary/aromatic N) is 2. The largest absolute Gasteiger partial charge is 0.269 e. The zero-order chi connectivity index (χ0) is 9.14. The molecule has 0 saturated heterocycles. The van der Waals surface area contributed by atoms with Crippen molar-refractivity contribution in [3.63, 3.8) is 0 Å². The highest BCUT2D eigenvalue weighted by atomic mass is 127. The van der Waals surface area contributed by atoms with Crippen LogP contribution in [0, 0.1) is 13.8 Å². The van der Waals surface area contributed by atoms with Crippen LogP contribution in [0.1, 0.15) is 11.1 Å². The molecule has 3 heteroatoms. The Hall–Kier alpha value is -0.580. The Balaban J connectivity index is 0.00000144. The van der Waals surface area contributed by atoms with Crippen molar-refractivity contribution in [3.8, 4) is 0 Å². The van der Waals surface area contributed by atoms with E-state index in [-0.39, 0.29) is 24.0 Å². The van der Waals surface area contributed by atoms with Crippen molar-refractivity contribution in [2.24, 2.45) is 5.10 Å². The van der Waals surface area contributed by atoms with Gasteiger partial charge in [-0.3, -0.25) is 5.01 Å². The Morgan fingerprint density at radius 1 is 1.31 bits per heavy atom. The van der Waals surface area contributed by atoms with Gasteiger partial charge in [-0.05, 0) is 25.5 Å². The van der Waals surface area contributed by atoms with Gasteiger partial charge in [-0.2, -0.15) is 5.10 Å². The van der Waals surface area contributed by atoms with Crippen molar-refractivity contribution in [1.82, 2.24) is 0 Å². The Morgan fingerprint density at radius 2 is 1.92 bits per heavy atom. The summed E-state index contributed by atoms with van der Waals surface area (Å²) in [6, 6.07) is 6.26. The first-order valence-corrected chi connectivity index (χ1v) is 3.93. The zero-order valence-corrected chi connectivity index (χ0v) is 10.6. The number of benzene rings is 1. The van der Waals surface area contributed by atoms with Gasteiger partial charge < -0.3 is 0 Å². The average molecular weight is 290 g/mol. The molecule has 0 N–H and O–H groups in total. The lowest BCUT2D eigenvalue weighted by Crippen LogP contribution is -2.08. The lowest BCUT2D eigenvalue weighted by Gasteiger charge is -2.14. The quantitative estimate of drug-likeness (QED) is 0.464. The minimum absolute atomic E-state index is 0. The summed E-state index contributed by atoms with van der Waals surface area (Å²) in [5, 5.41) is 5.61. The lowest BCUT2D eigenvalue weighted by molar-refractivity contribution is 1.02. The first-order chi connectivity index (χ1) is 5.65. The number of aryl methyl sites for hydroxylation is 2. The van der Waals surface area contributed by atoms with Gasteiger partial charge in [0.05, 0.1) is 5.69 Å². The average Bonchev–Trinajstić information content (AvgIpc) is 2.03. The van der Waals surface area contributed by atoms with Gasteiger partial charge >= 0.3 is 0 Å². The molecule has 0 amide bonds. The molecule has 0 atom stereocenters. The standard InChI is InChI=1S/C10H14N2.HI/c1-8-5-6-10(9(2)7-8)12(4)11-3;/h5-7H,3H2,1-2,4H3;1H. The highest BCUT2D eigenvalue weighted by Crippen LogP contribution is 2.19. The van der Waals surface area contributed by atoms with Crippen LogP contribution >= 0.6 is 24.0 Å². The summed E-state index contributed by atoms with van der Waals surface area (Å²) in [6.07, 6.45) is 0. The van der Waals surface area contributed by atoms with Crippen LogP contribution in [0.5, 0.6) is 0 Å². The van der Waals surface area contributed by atoms with E-state index >= 15 is 0 Å². The molecule has 0 heterocycles. The molecule has 1 rings (SSSR count). The fraction of sp³-hybridized carbons (Fsp3) is 0.300. The summed E-state index contributed by atoms with van der Waals surface area (Å²) in [7, 11) is 1.89. The second kappa shape index (κ2) is 5.21. The third-order valence-electron chi connectivity index (χ3n) is 1.91. The van der Waals surface area contributed by atoms with E-state index in [1.54, 1.807) is 5.01 Å². The molecule has 0 unspecified atom stereocenters. The predicted octanol–water partition coefficient (Wildman–Crippen LogP) is 2.97. The van der Waals surface area contributed by atoms with Crippen molar-refractivity contribution in [3.05, 3.63) is 29.3 Å². The van der Waals surface area contributed by atoms with E-state index in [1.165, 1.54) is 11.1 Å². The highest BCUT2D eigenvalue weighted by molar-refractivity contribution is 14.0. The van der Waals surface area contributed by atoms with Gasteiger partial charge in [-0.25, -0.2) is 0 Å². The minimum Gasteiger partial charge on any atom is -0.269 e. The third-order valence-corrected chi connectivity index (χ3v) is 1.91. The van der Waals surface area contributed by atoms with Crippen molar-refractivity contribution in [2.75, 3.05) is 12.1 Å². The fourth-order valence-corrected chi connectivity index (χ4v) is 1.24.